The first-order valence-corrected chi connectivity index (χ1v) is 7.16. The second kappa shape index (κ2) is 5.94. The molecule has 0 aliphatic carbocycles. The Balaban J connectivity index is 1.79. The van der Waals surface area contributed by atoms with Gasteiger partial charge in [0.1, 0.15) is 11.8 Å². The number of rotatable bonds is 3. The third kappa shape index (κ3) is 2.88. The van der Waals surface area contributed by atoms with Crippen molar-refractivity contribution in [2.24, 2.45) is 0 Å². The van der Waals surface area contributed by atoms with Gasteiger partial charge < -0.3 is 5.32 Å². The van der Waals surface area contributed by atoms with Crippen molar-refractivity contribution in [3.05, 3.63) is 59.9 Å². The zero-order chi connectivity index (χ0) is 14.7. The number of nitrogens with zero attached hydrogens (tertiary/aromatic N) is 3. The van der Waals surface area contributed by atoms with E-state index in [0.717, 1.165) is 18.7 Å². The first kappa shape index (κ1) is 13.6. The van der Waals surface area contributed by atoms with E-state index in [0.29, 0.717) is 17.8 Å². The number of anilines is 1. The lowest BCUT2D eigenvalue weighted by Gasteiger charge is -2.26. The predicted octanol–water partition coefficient (Wildman–Crippen LogP) is 2.81. The third-order valence-corrected chi connectivity index (χ3v) is 4.02. The zero-order valence-corrected chi connectivity index (χ0v) is 12.0. The Labute approximate surface area is 125 Å². The van der Waals surface area contributed by atoms with Crippen LogP contribution in [0.25, 0.3) is 0 Å². The van der Waals surface area contributed by atoms with E-state index >= 15 is 0 Å². The van der Waals surface area contributed by atoms with Gasteiger partial charge in [0, 0.05) is 12.6 Å². The molecule has 1 aliphatic rings. The number of hydrogen-bond acceptors (Lipinski definition) is 4. The second-order valence-electron chi connectivity index (χ2n) is 5.42. The molecule has 21 heavy (non-hydrogen) atoms. The fourth-order valence-corrected chi connectivity index (χ4v) is 2.99. The highest BCUT2D eigenvalue weighted by atomic mass is 15.2. The summed E-state index contributed by atoms with van der Waals surface area (Å²) in [6.45, 7) is 1.07. The van der Waals surface area contributed by atoms with E-state index < -0.39 is 0 Å². The van der Waals surface area contributed by atoms with Crippen LogP contribution in [-0.2, 0) is 0 Å². The van der Waals surface area contributed by atoms with Crippen LogP contribution in [-0.4, -0.2) is 29.5 Å². The summed E-state index contributed by atoms with van der Waals surface area (Å²) in [6.07, 6.45) is 2.83. The van der Waals surface area contributed by atoms with Crippen LogP contribution in [0.3, 0.4) is 0 Å². The molecule has 4 heteroatoms. The molecule has 1 fully saturated rings. The number of likely N-dealkylation sites (tertiary alicyclic amines) is 1. The van der Waals surface area contributed by atoms with E-state index in [4.69, 9.17) is 5.26 Å². The van der Waals surface area contributed by atoms with Crippen molar-refractivity contribution in [1.29, 1.82) is 5.26 Å². The molecule has 0 amide bonds. The van der Waals surface area contributed by atoms with E-state index in [1.807, 2.05) is 18.2 Å². The number of pyridine rings is 1. The van der Waals surface area contributed by atoms with Crippen molar-refractivity contribution in [2.45, 2.75) is 18.5 Å². The van der Waals surface area contributed by atoms with Crippen molar-refractivity contribution in [2.75, 3.05) is 18.9 Å². The molecule has 0 spiro atoms. The van der Waals surface area contributed by atoms with Gasteiger partial charge >= 0.3 is 0 Å². The minimum Gasteiger partial charge on any atom is -0.379 e. The molecule has 2 atom stereocenters. The topological polar surface area (TPSA) is 52.0 Å². The molecule has 2 unspecified atom stereocenters. The zero-order valence-electron chi connectivity index (χ0n) is 12.0. The smallest absolute Gasteiger partial charge is 0.140 e. The average Bonchev–Trinajstić information content (AvgIpc) is 2.89. The molecule has 106 valence electrons. The summed E-state index contributed by atoms with van der Waals surface area (Å²) in [6, 6.07) is 17.0. The third-order valence-electron chi connectivity index (χ3n) is 4.02. The van der Waals surface area contributed by atoms with Crippen molar-refractivity contribution in [1.82, 2.24) is 9.88 Å². The monoisotopic (exact) mass is 278 g/mol. The van der Waals surface area contributed by atoms with Crippen LogP contribution in [0.15, 0.2) is 48.7 Å². The van der Waals surface area contributed by atoms with E-state index in [1.165, 1.54) is 5.56 Å². The molecule has 0 saturated carbocycles. The summed E-state index contributed by atoms with van der Waals surface area (Å²) in [7, 11) is 2.16. The Bertz CT molecular complexity index is 630. The average molecular weight is 278 g/mol. The number of nitrogens with one attached hydrogen (secondary N) is 1. The Morgan fingerprint density at radius 2 is 2.05 bits per heavy atom. The molecule has 1 aromatic carbocycles. The normalized spacial score (nSPS) is 21.9. The van der Waals surface area contributed by atoms with E-state index in [9.17, 15) is 0 Å². The molecule has 2 heterocycles. The molecule has 1 aliphatic heterocycles. The summed E-state index contributed by atoms with van der Waals surface area (Å²) in [4.78, 5) is 6.50. The van der Waals surface area contributed by atoms with Crippen LogP contribution in [0.1, 0.15) is 23.7 Å². The number of likely N-dealkylation sites (N-methyl/N-ethyl adjacent to an activating group) is 1. The Hall–Kier alpha value is -2.38. The Morgan fingerprint density at radius 1 is 1.24 bits per heavy atom. The molecule has 4 nitrogen and oxygen atoms in total. The summed E-state index contributed by atoms with van der Waals surface area (Å²) in [5.41, 5.74) is 2.75. The van der Waals surface area contributed by atoms with Crippen LogP contribution in [0, 0.1) is 11.3 Å². The Kier molecular flexibility index (Phi) is 3.85. The fraction of sp³-hybridized carbons (Fsp3) is 0.294. The van der Waals surface area contributed by atoms with Crippen molar-refractivity contribution in [3.8, 4) is 6.07 Å². The summed E-state index contributed by atoms with van der Waals surface area (Å²) < 4.78 is 0. The summed E-state index contributed by atoms with van der Waals surface area (Å²) in [5.74, 6) is 0. The summed E-state index contributed by atoms with van der Waals surface area (Å²) >= 11 is 0. The standard InChI is InChI=1S/C17H18N4/c1-21-10-9-16(17(21)13-5-3-2-4-6-13)20-15-8-7-14(11-18)19-12-15/h2-8,12,16-17,20H,9-10H2,1H3. The van der Waals surface area contributed by atoms with Crippen LogP contribution in [0.4, 0.5) is 5.69 Å². The molecule has 0 bridgehead atoms. The first-order valence-electron chi connectivity index (χ1n) is 7.16. The first-order chi connectivity index (χ1) is 10.3. The van der Waals surface area contributed by atoms with Gasteiger partial charge in [-0.15, -0.1) is 0 Å². The lowest BCUT2D eigenvalue weighted by Crippen LogP contribution is -2.29. The summed E-state index contributed by atoms with van der Waals surface area (Å²) in [5, 5.41) is 12.4. The van der Waals surface area contributed by atoms with Gasteiger partial charge in [-0.2, -0.15) is 5.26 Å². The van der Waals surface area contributed by atoms with Crippen LogP contribution >= 0.6 is 0 Å². The predicted molar refractivity (Wildman–Crippen MR) is 82.8 cm³/mol. The molecule has 0 radical (unpaired) electrons. The van der Waals surface area contributed by atoms with Gasteiger partial charge in [0.2, 0.25) is 0 Å². The highest BCUT2D eigenvalue weighted by Crippen LogP contribution is 2.32. The quantitative estimate of drug-likeness (QED) is 0.938. The number of benzene rings is 1. The highest BCUT2D eigenvalue weighted by molar-refractivity contribution is 5.45. The Morgan fingerprint density at radius 3 is 2.71 bits per heavy atom. The lowest BCUT2D eigenvalue weighted by molar-refractivity contribution is 0.309. The van der Waals surface area contributed by atoms with Crippen molar-refractivity contribution >= 4 is 5.69 Å². The highest BCUT2D eigenvalue weighted by Gasteiger charge is 2.32. The van der Waals surface area contributed by atoms with Gasteiger partial charge in [-0.3, -0.25) is 4.90 Å². The van der Waals surface area contributed by atoms with Gasteiger partial charge in [-0.05, 0) is 31.2 Å². The number of aromatic nitrogens is 1. The largest absolute Gasteiger partial charge is 0.379 e. The van der Waals surface area contributed by atoms with Crippen LogP contribution in [0.2, 0.25) is 0 Å². The van der Waals surface area contributed by atoms with E-state index in [2.05, 4.69) is 46.5 Å². The fourth-order valence-electron chi connectivity index (χ4n) is 2.99. The van der Waals surface area contributed by atoms with E-state index in [-0.39, 0.29) is 0 Å². The maximum atomic E-state index is 8.80. The molecule has 2 aromatic rings. The molecule has 1 saturated heterocycles. The van der Waals surface area contributed by atoms with Gasteiger partial charge in [-0.25, -0.2) is 4.98 Å². The molecular weight excluding hydrogens is 260 g/mol. The van der Waals surface area contributed by atoms with Crippen molar-refractivity contribution < 1.29 is 0 Å². The van der Waals surface area contributed by atoms with Crippen molar-refractivity contribution in [3.63, 3.8) is 0 Å². The number of nitriles is 1. The van der Waals surface area contributed by atoms with Gasteiger partial charge in [0.15, 0.2) is 0 Å². The van der Waals surface area contributed by atoms with Gasteiger partial charge in [0.25, 0.3) is 0 Å². The van der Waals surface area contributed by atoms with Crippen LogP contribution < -0.4 is 5.32 Å². The molecule has 1 aromatic heterocycles. The SMILES string of the molecule is CN1CCC(Nc2ccc(C#N)nc2)C1c1ccccc1. The van der Waals surface area contributed by atoms with Crippen LogP contribution in [0.5, 0.6) is 0 Å². The minimum atomic E-state index is 0.354. The van der Waals surface area contributed by atoms with Gasteiger partial charge in [-0.1, -0.05) is 30.3 Å². The minimum absolute atomic E-state index is 0.354. The maximum absolute atomic E-state index is 8.80. The number of hydrogen-bond donors (Lipinski definition) is 1. The van der Waals surface area contributed by atoms with Gasteiger partial charge in [0.05, 0.1) is 17.9 Å². The molecular formula is C17H18N4. The van der Waals surface area contributed by atoms with E-state index in [1.54, 1.807) is 12.3 Å². The molecule has 1 N–H and O–H groups in total. The second-order valence-corrected chi connectivity index (χ2v) is 5.42. The maximum Gasteiger partial charge on any atom is 0.140 e. The molecule has 3 rings (SSSR count). The lowest BCUT2D eigenvalue weighted by atomic mass is 10.00.